The van der Waals surface area contributed by atoms with E-state index in [9.17, 15) is 4.79 Å². The zero-order valence-corrected chi connectivity index (χ0v) is 9.54. The molecule has 0 fully saturated rings. The minimum absolute atomic E-state index is 0.220. The molecule has 4 N–H and O–H groups in total. The molecule has 1 atom stereocenters. The first kappa shape index (κ1) is 12.0. The molecular formula is C8H15N5OS. The highest BCUT2D eigenvalue weighted by Crippen LogP contribution is 2.12. The van der Waals surface area contributed by atoms with Gasteiger partial charge in [0.25, 0.3) is 0 Å². The van der Waals surface area contributed by atoms with E-state index in [4.69, 9.17) is 5.73 Å². The van der Waals surface area contributed by atoms with Crippen molar-refractivity contribution < 1.29 is 4.79 Å². The van der Waals surface area contributed by atoms with Crippen LogP contribution in [0.4, 0.5) is 0 Å². The number of rotatable bonds is 6. The van der Waals surface area contributed by atoms with Gasteiger partial charge in [-0.15, -0.1) is 0 Å². The van der Waals surface area contributed by atoms with Gasteiger partial charge in [0.15, 0.2) is 5.16 Å². The third kappa shape index (κ3) is 4.30. The summed E-state index contributed by atoms with van der Waals surface area (Å²) in [7, 11) is 0. The molecule has 1 aromatic heterocycles. The van der Waals surface area contributed by atoms with Crippen LogP contribution in [0.25, 0.3) is 0 Å². The topological polar surface area (TPSA) is 96.7 Å². The summed E-state index contributed by atoms with van der Waals surface area (Å²) in [5.74, 6) is 0.193. The van der Waals surface area contributed by atoms with Crippen LogP contribution in [-0.4, -0.2) is 38.9 Å². The first-order chi connectivity index (χ1) is 7.09. The second-order valence-corrected chi connectivity index (χ2v) is 4.39. The summed E-state index contributed by atoms with van der Waals surface area (Å²) in [5, 5.41) is 10.2. The number of hydrogen-bond donors (Lipinski definition) is 3. The number of primary amides is 1. The Bertz CT molecular complexity index is 300. The van der Waals surface area contributed by atoms with Crippen molar-refractivity contribution in [3.63, 3.8) is 0 Å². The Balaban J connectivity index is 2.41. The molecule has 1 rings (SSSR count). The third-order valence-corrected chi connectivity index (χ3v) is 2.63. The monoisotopic (exact) mass is 229 g/mol. The van der Waals surface area contributed by atoms with Crippen molar-refractivity contribution in [3.05, 3.63) is 6.33 Å². The van der Waals surface area contributed by atoms with Gasteiger partial charge in [-0.25, -0.2) is 4.98 Å². The van der Waals surface area contributed by atoms with E-state index in [1.807, 2.05) is 13.8 Å². The number of aromatic nitrogens is 3. The van der Waals surface area contributed by atoms with Gasteiger partial charge in [-0.05, 0) is 0 Å². The van der Waals surface area contributed by atoms with Gasteiger partial charge in [-0.3, -0.25) is 9.89 Å². The summed E-state index contributed by atoms with van der Waals surface area (Å²) >= 11 is 1.41. The van der Waals surface area contributed by atoms with Crippen molar-refractivity contribution in [1.82, 2.24) is 20.5 Å². The number of carbonyl (C=O) groups is 1. The Kier molecular flexibility index (Phi) is 4.57. The molecule has 15 heavy (non-hydrogen) atoms. The number of H-pyrrole nitrogens is 1. The standard InChI is InChI=1S/C8H15N5OS/c1-5(2)12-6(7(9)14)3-15-8-10-4-11-13-8/h4-6,12H,3H2,1-2H3,(H2,9,14)(H,10,11,13). The number of carbonyl (C=O) groups excluding carboxylic acids is 1. The fraction of sp³-hybridized carbons (Fsp3) is 0.625. The number of hydrogen-bond acceptors (Lipinski definition) is 5. The first-order valence-electron chi connectivity index (χ1n) is 4.63. The van der Waals surface area contributed by atoms with Gasteiger partial charge in [0, 0.05) is 11.8 Å². The van der Waals surface area contributed by atoms with Gasteiger partial charge in [-0.2, -0.15) is 5.10 Å². The van der Waals surface area contributed by atoms with Gasteiger partial charge < -0.3 is 11.1 Å². The number of nitrogens with one attached hydrogen (secondary N) is 2. The number of nitrogens with two attached hydrogens (primary N) is 1. The van der Waals surface area contributed by atoms with Gasteiger partial charge in [-0.1, -0.05) is 25.6 Å². The molecule has 0 saturated heterocycles. The summed E-state index contributed by atoms with van der Waals surface area (Å²) in [6.45, 7) is 3.93. The van der Waals surface area contributed by atoms with Crippen LogP contribution in [-0.2, 0) is 4.79 Å². The van der Waals surface area contributed by atoms with Crippen LogP contribution in [0.3, 0.4) is 0 Å². The third-order valence-electron chi connectivity index (χ3n) is 1.66. The fourth-order valence-electron chi connectivity index (χ4n) is 1.04. The van der Waals surface area contributed by atoms with Crippen LogP contribution in [0.5, 0.6) is 0 Å². The lowest BCUT2D eigenvalue weighted by Gasteiger charge is -2.16. The smallest absolute Gasteiger partial charge is 0.235 e. The molecule has 1 unspecified atom stereocenters. The minimum Gasteiger partial charge on any atom is -0.368 e. The molecule has 0 aliphatic carbocycles. The Hall–Kier alpha value is -1.08. The average Bonchev–Trinajstić information content (AvgIpc) is 2.63. The van der Waals surface area contributed by atoms with Crippen molar-refractivity contribution in [2.24, 2.45) is 5.73 Å². The van der Waals surface area contributed by atoms with Gasteiger partial charge >= 0.3 is 0 Å². The molecule has 0 bridgehead atoms. The van der Waals surface area contributed by atoms with Crippen LogP contribution in [0.1, 0.15) is 13.8 Å². The lowest BCUT2D eigenvalue weighted by atomic mass is 10.3. The van der Waals surface area contributed by atoms with E-state index >= 15 is 0 Å². The number of nitrogens with zero attached hydrogens (tertiary/aromatic N) is 2. The van der Waals surface area contributed by atoms with Crippen LogP contribution < -0.4 is 11.1 Å². The largest absolute Gasteiger partial charge is 0.368 e. The molecule has 0 aliphatic heterocycles. The number of aromatic amines is 1. The molecule has 0 saturated carbocycles. The van der Waals surface area contributed by atoms with Gasteiger partial charge in [0.2, 0.25) is 5.91 Å². The fourth-order valence-corrected chi connectivity index (χ4v) is 1.86. The van der Waals surface area contributed by atoms with E-state index < -0.39 is 0 Å². The molecule has 84 valence electrons. The average molecular weight is 229 g/mol. The maximum atomic E-state index is 11.1. The summed E-state index contributed by atoms with van der Waals surface area (Å²) in [6, 6.07) is -0.127. The predicted octanol–water partition coefficient (Wildman–Crippen LogP) is -0.251. The Morgan fingerprint density at radius 1 is 1.73 bits per heavy atom. The Morgan fingerprint density at radius 3 is 2.93 bits per heavy atom. The predicted molar refractivity (Wildman–Crippen MR) is 58.4 cm³/mol. The first-order valence-corrected chi connectivity index (χ1v) is 5.61. The van der Waals surface area contributed by atoms with Gasteiger partial charge in [0.05, 0.1) is 6.04 Å². The van der Waals surface area contributed by atoms with E-state index in [0.717, 1.165) is 0 Å². The van der Waals surface area contributed by atoms with Crippen molar-refractivity contribution >= 4 is 17.7 Å². The van der Waals surface area contributed by atoms with Crippen LogP contribution >= 0.6 is 11.8 Å². The normalized spacial score (nSPS) is 13.0. The van der Waals surface area contributed by atoms with Crippen LogP contribution in [0, 0.1) is 0 Å². The summed E-state index contributed by atoms with van der Waals surface area (Å²) in [6.07, 6.45) is 1.43. The molecular weight excluding hydrogens is 214 g/mol. The molecule has 1 heterocycles. The van der Waals surface area contributed by atoms with E-state index in [1.54, 1.807) is 0 Å². The second-order valence-electron chi connectivity index (χ2n) is 3.38. The molecule has 6 nitrogen and oxygen atoms in total. The Morgan fingerprint density at radius 2 is 2.47 bits per heavy atom. The number of thioether (sulfide) groups is 1. The molecule has 7 heteroatoms. The summed E-state index contributed by atoms with van der Waals surface area (Å²) in [5.41, 5.74) is 5.26. The van der Waals surface area contributed by atoms with Crippen LogP contribution in [0.2, 0.25) is 0 Å². The van der Waals surface area contributed by atoms with E-state index in [2.05, 4.69) is 20.5 Å². The highest BCUT2D eigenvalue weighted by molar-refractivity contribution is 7.99. The van der Waals surface area contributed by atoms with Crippen molar-refractivity contribution in [3.8, 4) is 0 Å². The lowest BCUT2D eigenvalue weighted by Crippen LogP contribution is -2.46. The van der Waals surface area contributed by atoms with E-state index in [0.29, 0.717) is 10.9 Å². The summed E-state index contributed by atoms with van der Waals surface area (Å²) < 4.78 is 0. The van der Waals surface area contributed by atoms with Crippen molar-refractivity contribution in [2.45, 2.75) is 31.1 Å². The highest BCUT2D eigenvalue weighted by atomic mass is 32.2. The quantitative estimate of drug-likeness (QED) is 0.584. The molecule has 0 radical (unpaired) electrons. The number of amides is 1. The zero-order chi connectivity index (χ0) is 11.3. The lowest BCUT2D eigenvalue weighted by molar-refractivity contribution is -0.119. The maximum Gasteiger partial charge on any atom is 0.235 e. The molecule has 0 aliphatic rings. The minimum atomic E-state index is -0.351. The van der Waals surface area contributed by atoms with Crippen molar-refractivity contribution in [1.29, 1.82) is 0 Å². The molecule has 1 amide bonds. The van der Waals surface area contributed by atoms with Gasteiger partial charge in [0.1, 0.15) is 6.33 Å². The van der Waals surface area contributed by atoms with Crippen molar-refractivity contribution in [2.75, 3.05) is 5.75 Å². The highest BCUT2D eigenvalue weighted by Gasteiger charge is 2.16. The van der Waals surface area contributed by atoms with Crippen LogP contribution in [0.15, 0.2) is 11.5 Å². The molecule has 1 aromatic rings. The Labute approximate surface area is 92.4 Å². The second kappa shape index (κ2) is 5.72. The molecule has 0 aromatic carbocycles. The SMILES string of the molecule is CC(C)NC(CSc1ncn[nH]1)C(N)=O. The van der Waals surface area contributed by atoms with E-state index in [1.165, 1.54) is 18.1 Å². The van der Waals surface area contributed by atoms with E-state index in [-0.39, 0.29) is 18.0 Å². The zero-order valence-electron chi connectivity index (χ0n) is 8.73. The summed E-state index contributed by atoms with van der Waals surface area (Å²) in [4.78, 5) is 15.0. The molecule has 0 spiro atoms. The maximum absolute atomic E-state index is 11.1.